The molecule has 174 valence electrons. The summed E-state index contributed by atoms with van der Waals surface area (Å²) in [6.07, 6.45) is 3.49. The third-order valence-corrected chi connectivity index (χ3v) is 6.64. The van der Waals surface area contributed by atoms with Gasteiger partial charge in [0, 0.05) is 37.0 Å². The van der Waals surface area contributed by atoms with Crippen LogP contribution in [0.5, 0.6) is 0 Å². The zero-order valence-corrected chi connectivity index (χ0v) is 19.4. The third-order valence-electron chi connectivity index (χ3n) is 5.37. The Bertz CT molecular complexity index is 1490. The number of benzene rings is 2. The van der Waals surface area contributed by atoms with E-state index in [4.69, 9.17) is 0 Å². The topological polar surface area (TPSA) is 118 Å². The van der Waals surface area contributed by atoms with Gasteiger partial charge in [-0.3, -0.25) is 14.3 Å². The molecule has 2 aromatic carbocycles. The van der Waals surface area contributed by atoms with Crippen molar-refractivity contribution >= 4 is 21.6 Å². The van der Waals surface area contributed by atoms with E-state index in [-0.39, 0.29) is 22.7 Å². The predicted octanol–water partition coefficient (Wildman–Crippen LogP) is 2.62. The number of aromatic nitrogens is 3. The van der Waals surface area contributed by atoms with Crippen LogP contribution in [-0.4, -0.2) is 23.7 Å². The van der Waals surface area contributed by atoms with Crippen molar-refractivity contribution in [1.29, 1.82) is 0 Å². The van der Waals surface area contributed by atoms with E-state index in [1.165, 1.54) is 28.9 Å². The van der Waals surface area contributed by atoms with Gasteiger partial charge in [-0.1, -0.05) is 24.3 Å². The van der Waals surface area contributed by atoms with Crippen LogP contribution >= 0.6 is 0 Å². The van der Waals surface area contributed by atoms with Crippen LogP contribution < -0.4 is 15.9 Å². The van der Waals surface area contributed by atoms with Crippen molar-refractivity contribution in [1.82, 2.24) is 14.7 Å². The lowest BCUT2D eigenvalue weighted by Crippen LogP contribution is -2.23. The molecular formula is C24H23N5O4S. The molecule has 0 unspecified atom stereocenters. The number of nitrogens with one attached hydrogen (secondary N) is 2. The zero-order valence-electron chi connectivity index (χ0n) is 18.6. The van der Waals surface area contributed by atoms with Crippen LogP contribution in [0.25, 0.3) is 10.4 Å². The minimum Gasteiger partial charge on any atom is -0.567 e. The Kier molecular flexibility index (Phi) is 6.33. The molecule has 0 aliphatic carbocycles. The first kappa shape index (κ1) is 23.0. The summed E-state index contributed by atoms with van der Waals surface area (Å²) in [6.45, 7) is 1.91. The monoisotopic (exact) mass is 477 g/mol. The number of hydrogen-bond acceptors (Lipinski definition) is 4. The summed E-state index contributed by atoms with van der Waals surface area (Å²) in [7, 11) is -2.60. The van der Waals surface area contributed by atoms with Gasteiger partial charge in [-0.2, -0.15) is 0 Å². The van der Waals surface area contributed by atoms with E-state index >= 15 is 0 Å². The fourth-order valence-corrected chi connectivity index (χ4v) is 4.54. The number of carbonyl (C=O) groups excluding carboxylic acids is 1. The fourth-order valence-electron chi connectivity index (χ4n) is 3.45. The first-order valence-corrected chi connectivity index (χ1v) is 11.9. The minimum atomic E-state index is -4.25. The lowest BCUT2D eigenvalue weighted by molar-refractivity contribution is -0.378. The van der Waals surface area contributed by atoms with Gasteiger partial charge in [0.25, 0.3) is 11.5 Å². The second-order valence-electron chi connectivity index (χ2n) is 7.60. The van der Waals surface area contributed by atoms with Crippen molar-refractivity contribution in [2.45, 2.75) is 18.4 Å². The van der Waals surface area contributed by atoms with Crippen LogP contribution in [-0.2, 0) is 23.6 Å². The second kappa shape index (κ2) is 9.36. The highest BCUT2D eigenvalue weighted by Crippen LogP contribution is 2.29. The van der Waals surface area contributed by atoms with Gasteiger partial charge in [-0.15, -0.1) is 0 Å². The van der Waals surface area contributed by atoms with E-state index in [0.29, 0.717) is 11.4 Å². The molecule has 2 heterocycles. The van der Waals surface area contributed by atoms with Gasteiger partial charge < -0.3 is 10.0 Å². The SMILES string of the molecule is Cc1c([N-]S(=O)(=O)c2cccc(C(=O)NCc3cc[nH+]cc3)c2)c(=O)n(-c2ccccc2)n1C. The third kappa shape index (κ3) is 4.62. The summed E-state index contributed by atoms with van der Waals surface area (Å²) in [5, 5.41) is 2.76. The van der Waals surface area contributed by atoms with Crippen LogP contribution in [0.4, 0.5) is 5.69 Å². The lowest BCUT2D eigenvalue weighted by atomic mass is 10.2. The van der Waals surface area contributed by atoms with Crippen molar-refractivity contribution in [2.24, 2.45) is 7.05 Å². The molecule has 10 heteroatoms. The zero-order chi connectivity index (χ0) is 24.3. The van der Waals surface area contributed by atoms with Gasteiger partial charge >= 0.3 is 0 Å². The smallest absolute Gasteiger partial charge is 0.257 e. The number of nitrogens with zero attached hydrogens (tertiary/aromatic N) is 3. The number of amides is 1. The van der Waals surface area contributed by atoms with Crippen molar-refractivity contribution < 1.29 is 18.2 Å². The molecule has 0 radical (unpaired) electrons. The number of para-hydroxylation sites is 1. The number of aromatic amines is 1. The van der Waals surface area contributed by atoms with E-state index in [1.54, 1.807) is 55.3 Å². The second-order valence-corrected chi connectivity index (χ2v) is 9.20. The average Bonchev–Trinajstić information content (AvgIpc) is 3.06. The Balaban J connectivity index is 1.59. The number of carbonyl (C=O) groups is 1. The molecule has 1 amide bonds. The molecule has 0 saturated carbocycles. The van der Waals surface area contributed by atoms with E-state index in [0.717, 1.165) is 5.56 Å². The molecule has 4 aromatic rings. The summed E-state index contributed by atoms with van der Waals surface area (Å²) in [6, 6.07) is 18.1. The number of sulfonamides is 1. The van der Waals surface area contributed by atoms with E-state index < -0.39 is 21.5 Å². The molecule has 0 atom stereocenters. The van der Waals surface area contributed by atoms with E-state index in [9.17, 15) is 18.0 Å². The van der Waals surface area contributed by atoms with E-state index in [2.05, 4.69) is 15.0 Å². The highest BCUT2D eigenvalue weighted by molar-refractivity contribution is 7.94. The Morgan fingerprint density at radius 1 is 1.03 bits per heavy atom. The lowest BCUT2D eigenvalue weighted by Gasteiger charge is -2.20. The molecule has 9 nitrogen and oxygen atoms in total. The molecule has 0 bridgehead atoms. The maximum atomic E-state index is 13.1. The fraction of sp³-hybridized carbons (Fsp3) is 0.125. The Hall–Kier alpha value is -4.18. The van der Waals surface area contributed by atoms with Crippen molar-refractivity contribution in [2.75, 3.05) is 0 Å². The highest BCUT2D eigenvalue weighted by Gasteiger charge is 2.15. The number of pyridine rings is 1. The van der Waals surface area contributed by atoms with Crippen LogP contribution in [0.2, 0.25) is 0 Å². The van der Waals surface area contributed by atoms with Crippen LogP contribution in [0.1, 0.15) is 21.6 Å². The standard InChI is InChI=1S/C24H22N5O4S/c1-17-22(24(31)29(28(17)2)20-8-4-3-5-9-20)27-34(32,33)21-10-6-7-19(15-21)23(30)26-16-18-11-13-25-14-12-18/h3-15H,16H2,1-2H3,(H,26,30)/q-1/p+1. The largest absolute Gasteiger partial charge is 0.567 e. The summed E-state index contributed by atoms with van der Waals surface area (Å²) in [5.41, 5.74) is 1.31. The van der Waals surface area contributed by atoms with Crippen LogP contribution in [0.15, 0.2) is 88.8 Å². The summed E-state index contributed by atoms with van der Waals surface area (Å²) in [5.74, 6) is -0.424. The first-order chi connectivity index (χ1) is 16.3. The molecular weight excluding hydrogens is 454 g/mol. The van der Waals surface area contributed by atoms with E-state index in [1.807, 2.05) is 18.2 Å². The predicted molar refractivity (Wildman–Crippen MR) is 127 cm³/mol. The van der Waals surface area contributed by atoms with Crippen LogP contribution in [0.3, 0.4) is 0 Å². The van der Waals surface area contributed by atoms with Crippen molar-refractivity contribution in [3.05, 3.63) is 111 Å². The molecule has 0 aliphatic rings. The molecule has 0 spiro atoms. The number of hydrogen-bond donors (Lipinski definition) is 1. The van der Waals surface area contributed by atoms with Gasteiger partial charge in [-0.05, 0) is 48.5 Å². The number of rotatable bonds is 7. The molecule has 2 aromatic heterocycles. The summed E-state index contributed by atoms with van der Waals surface area (Å²) in [4.78, 5) is 28.3. The molecule has 0 saturated heterocycles. The Morgan fingerprint density at radius 2 is 1.74 bits per heavy atom. The maximum Gasteiger partial charge on any atom is 0.257 e. The maximum absolute atomic E-state index is 13.1. The molecule has 34 heavy (non-hydrogen) atoms. The van der Waals surface area contributed by atoms with Gasteiger partial charge in [0.15, 0.2) is 12.4 Å². The van der Waals surface area contributed by atoms with Crippen LogP contribution in [0, 0.1) is 6.92 Å². The van der Waals surface area contributed by atoms with Gasteiger partial charge in [0.1, 0.15) is 10.0 Å². The van der Waals surface area contributed by atoms with Gasteiger partial charge in [0.2, 0.25) is 0 Å². The number of H-pyrrole nitrogens is 1. The Labute approximate surface area is 196 Å². The molecule has 0 fully saturated rings. The summed E-state index contributed by atoms with van der Waals surface area (Å²) >= 11 is 0. The normalized spacial score (nSPS) is 11.2. The summed E-state index contributed by atoms with van der Waals surface area (Å²) < 4.78 is 32.9. The molecule has 0 aliphatic heterocycles. The highest BCUT2D eigenvalue weighted by atomic mass is 32.2. The minimum absolute atomic E-state index is 0.172. The molecule has 2 N–H and O–H groups in total. The van der Waals surface area contributed by atoms with Gasteiger partial charge in [-0.25, -0.2) is 18.1 Å². The quantitative estimate of drug-likeness (QED) is 0.440. The van der Waals surface area contributed by atoms with Gasteiger partial charge in [0.05, 0.1) is 10.6 Å². The van der Waals surface area contributed by atoms with Crippen molar-refractivity contribution in [3.8, 4) is 5.69 Å². The molecule has 4 rings (SSSR count). The average molecular weight is 478 g/mol. The Morgan fingerprint density at radius 3 is 2.44 bits per heavy atom. The van der Waals surface area contributed by atoms with Crippen molar-refractivity contribution in [3.63, 3.8) is 0 Å². The first-order valence-electron chi connectivity index (χ1n) is 10.4.